The van der Waals surface area contributed by atoms with Gasteiger partial charge in [-0.05, 0) is 44.4 Å². The van der Waals surface area contributed by atoms with Crippen LogP contribution in [0.2, 0.25) is 0 Å². The van der Waals surface area contributed by atoms with Gasteiger partial charge < -0.3 is 10.1 Å². The Morgan fingerprint density at radius 1 is 1.36 bits per heavy atom. The highest BCUT2D eigenvalue weighted by Crippen LogP contribution is 2.41. The van der Waals surface area contributed by atoms with Crippen LogP contribution in [0.4, 0.5) is 4.79 Å². The van der Waals surface area contributed by atoms with Crippen molar-refractivity contribution in [2.45, 2.75) is 44.8 Å². The van der Waals surface area contributed by atoms with E-state index in [9.17, 15) is 4.79 Å². The molecule has 0 bridgehead atoms. The summed E-state index contributed by atoms with van der Waals surface area (Å²) in [5.41, 5.74) is 2.49. The van der Waals surface area contributed by atoms with Crippen molar-refractivity contribution in [1.29, 1.82) is 0 Å². The van der Waals surface area contributed by atoms with E-state index in [4.69, 9.17) is 4.74 Å². The molecule has 3 rings (SSSR count). The Kier molecular flexibility index (Phi) is 4.48. The van der Waals surface area contributed by atoms with Gasteiger partial charge in [0.05, 0.1) is 6.04 Å². The quantitative estimate of drug-likeness (QED) is 0.868. The third-order valence-electron chi connectivity index (χ3n) is 4.32. The molecule has 0 spiro atoms. The van der Waals surface area contributed by atoms with Gasteiger partial charge in [-0.25, -0.2) is 4.79 Å². The van der Waals surface area contributed by atoms with Gasteiger partial charge in [-0.2, -0.15) is 0 Å². The number of amides is 1. The second kappa shape index (κ2) is 6.53. The lowest BCUT2D eigenvalue weighted by atomic mass is 10.00. The first kappa shape index (κ1) is 15.1. The molecule has 22 heavy (non-hydrogen) atoms. The molecular weight excluding hydrogens is 276 g/mol. The van der Waals surface area contributed by atoms with Crippen LogP contribution in [0.3, 0.4) is 0 Å². The zero-order valence-corrected chi connectivity index (χ0v) is 13.3. The summed E-state index contributed by atoms with van der Waals surface area (Å²) >= 11 is 0. The summed E-state index contributed by atoms with van der Waals surface area (Å²) in [5, 5.41) is 2.77. The van der Waals surface area contributed by atoms with Crippen molar-refractivity contribution in [2.24, 2.45) is 0 Å². The fourth-order valence-corrected chi connectivity index (χ4v) is 3.46. The molecule has 0 aliphatic carbocycles. The third kappa shape index (κ3) is 3.17. The van der Waals surface area contributed by atoms with E-state index in [2.05, 4.69) is 40.6 Å². The number of ether oxygens (including phenoxy) is 1. The van der Waals surface area contributed by atoms with Gasteiger partial charge in [0.25, 0.3) is 0 Å². The van der Waals surface area contributed by atoms with E-state index in [-0.39, 0.29) is 18.2 Å². The van der Waals surface area contributed by atoms with Crippen LogP contribution in [0.15, 0.2) is 42.0 Å². The molecule has 4 heteroatoms. The first-order valence-corrected chi connectivity index (χ1v) is 8.09. The minimum atomic E-state index is -0.338. The number of carbonyl (C=O) groups excluding carboxylic acids is 1. The SMILES string of the molecule is CC(C)NC(=O)OCC1=CC2CCCN2C1c1ccccc1. The van der Waals surface area contributed by atoms with Crippen molar-refractivity contribution in [3.05, 3.63) is 47.5 Å². The first-order chi connectivity index (χ1) is 10.6. The minimum Gasteiger partial charge on any atom is -0.445 e. The van der Waals surface area contributed by atoms with Crippen LogP contribution in [-0.4, -0.2) is 36.2 Å². The fraction of sp³-hybridized carbons (Fsp3) is 0.500. The number of benzene rings is 1. The topological polar surface area (TPSA) is 41.6 Å². The Labute approximate surface area is 132 Å². The molecule has 2 atom stereocenters. The van der Waals surface area contributed by atoms with Crippen molar-refractivity contribution in [3.63, 3.8) is 0 Å². The van der Waals surface area contributed by atoms with Gasteiger partial charge in [0.15, 0.2) is 0 Å². The van der Waals surface area contributed by atoms with Crippen LogP contribution in [0.1, 0.15) is 38.3 Å². The lowest BCUT2D eigenvalue weighted by Gasteiger charge is -2.27. The summed E-state index contributed by atoms with van der Waals surface area (Å²) in [6.45, 7) is 5.34. The lowest BCUT2D eigenvalue weighted by Crippen LogP contribution is -2.32. The zero-order chi connectivity index (χ0) is 15.5. The third-order valence-corrected chi connectivity index (χ3v) is 4.32. The molecule has 1 N–H and O–H groups in total. The summed E-state index contributed by atoms with van der Waals surface area (Å²) in [7, 11) is 0. The molecule has 1 aromatic rings. The van der Waals surface area contributed by atoms with Gasteiger partial charge in [0.1, 0.15) is 6.61 Å². The number of rotatable bonds is 4. The Hall–Kier alpha value is -1.81. The number of carbonyl (C=O) groups is 1. The normalized spacial score (nSPS) is 24.2. The van der Waals surface area contributed by atoms with Crippen LogP contribution >= 0.6 is 0 Å². The first-order valence-electron chi connectivity index (χ1n) is 8.09. The highest BCUT2D eigenvalue weighted by Gasteiger charge is 2.38. The lowest BCUT2D eigenvalue weighted by molar-refractivity contribution is 0.148. The second-order valence-corrected chi connectivity index (χ2v) is 6.38. The molecule has 2 heterocycles. The highest BCUT2D eigenvalue weighted by atomic mass is 16.5. The maximum Gasteiger partial charge on any atom is 0.407 e. The predicted octanol–water partition coefficient (Wildman–Crippen LogP) is 3.27. The van der Waals surface area contributed by atoms with E-state index in [1.54, 1.807) is 0 Å². The van der Waals surface area contributed by atoms with Crippen LogP contribution in [0, 0.1) is 0 Å². The summed E-state index contributed by atoms with van der Waals surface area (Å²) in [6, 6.07) is 11.3. The minimum absolute atomic E-state index is 0.0955. The highest BCUT2D eigenvalue weighted by molar-refractivity contribution is 5.67. The summed E-state index contributed by atoms with van der Waals surface area (Å²) in [6.07, 6.45) is 4.40. The van der Waals surface area contributed by atoms with Crippen LogP contribution < -0.4 is 5.32 Å². The summed E-state index contributed by atoms with van der Waals surface area (Å²) in [5.74, 6) is 0. The molecular formula is C18H24N2O2. The second-order valence-electron chi connectivity index (χ2n) is 6.38. The molecule has 4 nitrogen and oxygen atoms in total. The van der Waals surface area contributed by atoms with Gasteiger partial charge >= 0.3 is 6.09 Å². The van der Waals surface area contributed by atoms with Gasteiger partial charge in [0.2, 0.25) is 0 Å². The average molecular weight is 300 g/mol. The Morgan fingerprint density at radius 3 is 2.86 bits per heavy atom. The van der Waals surface area contributed by atoms with Crippen molar-refractivity contribution in [3.8, 4) is 0 Å². The monoisotopic (exact) mass is 300 g/mol. The number of nitrogens with zero attached hydrogens (tertiary/aromatic N) is 1. The predicted molar refractivity (Wildman–Crippen MR) is 86.6 cm³/mol. The zero-order valence-electron chi connectivity index (χ0n) is 13.3. The van der Waals surface area contributed by atoms with E-state index < -0.39 is 0 Å². The van der Waals surface area contributed by atoms with Gasteiger partial charge in [0, 0.05) is 12.1 Å². The molecule has 2 aliphatic rings. The van der Waals surface area contributed by atoms with E-state index in [0.717, 1.165) is 6.54 Å². The number of alkyl carbamates (subject to hydrolysis) is 1. The fourth-order valence-electron chi connectivity index (χ4n) is 3.46. The molecule has 1 amide bonds. The molecule has 2 unspecified atom stereocenters. The molecule has 1 fully saturated rings. The van der Waals surface area contributed by atoms with E-state index in [0.29, 0.717) is 12.6 Å². The van der Waals surface area contributed by atoms with Crippen molar-refractivity contribution in [1.82, 2.24) is 10.2 Å². The molecule has 118 valence electrons. The molecule has 2 aliphatic heterocycles. The van der Waals surface area contributed by atoms with Crippen LogP contribution in [0.5, 0.6) is 0 Å². The van der Waals surface area contributed by atoms with Gasteiger partial charge in [-0.1, -0.05) is 36.4 Å². The Bertz CT molecular complexity index is 553. The van der Waals surface area contributed by atoms with Gasteiger partial charge in [-0.15, -0.1) is 0 Å². The maximum absolute atomic E-state index is 11.7. The van der Waals surface area contributed by atoms with Crippen molar-refractivity contribution in [2.75, 3.05) is 13.2 Å². The van der Waals surface area contributed by atoms with E-state index in [1.165, 1.54) is 24.0 Å². The van der Waals surface area contributed by atoms with Crippen LogP contribution in [-0.2, 0) is 4.74 Å². The molecule has 1 saturated heterocycles. The standard InChI is InChI=1S/C18H24N2O2/c1-13(2)19-18(21)22-12-15-11-16-9-6-10-20(16)17(15)14-7-4-3-5-8-14/h3-5,7-8,11,13,16-17H,6,9-10,12H2,1-2H3,(H,19,21). The Morgan fingerprint density at radius 2 is 2.14 bits per heavy atom. The smallest absolute Gasteiger partial charge is 0.407 e. The molecule has 0 saturated carbocycles. The Balaban J connectivity index is 1.72. The van der Waals surface area contributed by atoms with E-state index >= 15 is 0 Å². The number of nitrogens with one attached hydrogen (secondary N) is 1. The summed E-state index contributed by atoms with van der Waals surface area (Å²) < 4.78 is 5.41. The molecule has 1 aromatic carbocycles. The largest absolute Gasteiger partial charge is 0.445 e. The molecule has 0 aromatic heterocycles. The van der Waals surface area contributed by atoms with Crippen molar-refractivity contribution >= 4 is 6.09 Å². The van der Waals surface area contributed by atoms with Crippen molar-refractivity contribution < 1.29 is 9.53 Å². The number of fused-ring (bicyclic) bond motifs is 1. The summed E-state index contributed by atoms with van der Waals surface area (Å²) in [4.78, 5) is 14.2. The number of hydrogen-bond donors (Lipinski definition) is 1. The molecule has 0 radical (unpaired) electrons. The maximum atomic E-state index is 11.7. The van der Waals surface area contributed by atoms with Gasteiger partial charge in [-0.3, -0.25) is 4.90 Å². The van der Waals surface area contributed by atoms with Crippen LogP contribution in [0.25, 0.3) is 0 Å². The number of hydrogen-bond acceptors (Lipinski definition) is 3. The van der Waals surface area contributed by atoms with E-state index in [1.807, 2.05) is 19.9 Å². The average Bonchev–Trinajstić information content (AvgIpc) is 3.05.